The lowest BCUT2D eigenvalue weighted by Crippen LogP contribution is -3.14. The van der Waals surface area contributed by atoms with E-state index in [1.165, 1.54) is 17.7 Å². The normalized spacial score (nSPS) is 24.9. The van der Waals surface area contributed by atoms with Gasteiger partial charge < -0.3 is 9.80 Å². The Morgan fingerprint density at radius 1 is 1.07 bits per heavy atom. The summed E-state index contributed by atoms with van der Waals surface area (Å²) in [7, 11) is 0. The van der Waals surface area contributed by atoms with Gasteiger partial charge in [-0.25, -0.2) is 0 Å². The standard InChI is InChI=1S/C24H33N3O3/c1-17(2)19-7-8-21-20(15-19)22(28)24(30)27(21)16-25-13-9-18(10-14-25)23(29)26-11-5-3-4-6-12-26/h7-8,15,17-18H,3-6,9-14,16H2,1-2H3/p+1. The quantitative estimate of drug-likeness (QED) is 0.770. The van der Waals surface area contributed by atoms with Crippen molar-refractivity contribution >= 4 is 23.3 Å². The van der Waals surface area contributed by atoms with Crippen molar-refractivity contribution in [2.24, 2.45) is 5.92 Å². The average Bonchev–Trinajstić information content (AvgIpc) is 2.94. The molecule has 0 unspecified atom stereocenters. The molecule has 1 aromatic rings. The number of carbonyl (C=O) groups is 3. The Labute approximate surface area is 179 Å². The van der Waals surface area contributed by atoms with E-state index in [1.54, 1.807) is 4.90 Å². The second-order valence-electron chi connectivity index (χ2n) is 9.42. The maximum absolute atomic E-state index is 12.9. The molecule has 0 atom stereocenters. The number of amides is 2. The lowest BCUT2D eigenvalue weighted by molar-refractivity contribution is -0.904. The number of hydrogen-bond donors (Lipinski definition) is 1. The van der Waals surface area contributed by atoms with Crippen molar-refractivity contribution in [2.75, 3.05) is 37.7 Å². The number of rotatable bonds is 4. The number of Topliss-reactive ketones (excluding diaryl/α,β-unsaturated/α-hetero) is 1. The predicted octanol–water partition coefficient (Wildman–Crippen LogP) is 1.99. The molecule has 1 aromatic carbocycles. The van der Waals surface area contributed by atoms with Gasteiger partial charge in [0.2, 0.25) is 5.91 Å². The first kappa shape index (κ1) is 21.0. The third-order valence-electron chi connectivity index (χ3n) is 7.00. The minimum Gasteiger partial charge on any atom is -0.342 e. The van der Waals surface area contributed by atoms with E-state index in [2.05, 4.69) is 18.7 Å². The molecule has 162 valence electrons. The monoisotopic (exact) mass is 412 g/mol. The number of carbonyl (C=O) groups excluding carboxylic acids is 3. The summed E-state index contributed by atoms with van der Waals surface area (Å²) < 4.78 is 0. The zero-order valence-electron chi connectivity index (χ0n) is 18.3. The van der Waals surface area contributed by atoms with Gasteiger partial charge in [-0.2, -0.15) is 0 Å². The highest BCUT2D eigenvalue weighted by Crippen LogP contribution is 2.31. The number of piperidine rings is 1. The van der Waals surface area contributed by atoms with Crippen LogP contribution in [0.25, 0.3) is 0 Å². The van der Waals surface area contributed by atoms with Gasteiger partial charge in [-0.05, 0) is 36.5 Å². The van der Waals surface area contributed by atoms with Gasteiger partial charge >= 0.3 is 5.91 Å². The van der Waals surface area contributed by atoms with Crippen LogP contribution in [0.4, 0.5) is 5.69 Å². The van der Waals surface area contributed by atoms with Crippen LogP contribution in [0.5, 0.6) is 0 Å². The van der Waals surface area contributed by atoms with Crippen LogP contribution >= 0.6 is 0 Å². The Bertz CT molecular complexity index is 819. The number of likely N-dealkylation sites (tertiary alicyclic amines) is 2. The van der Waals surface area contributed by atoms with Crippen molar-refractivity contribution in [1.29, 1.82) is 0 Å². The van der Waals surface area contributed by atoms with Crippen LogP contribution in [0, 0.1) is 5.92 Å². The molecule has 30 heavy (non-hydrogen) atoms. The zero-order valence-corrected chi connectivity index (χ0v) is 18.3. The first-order valence-electron chi connectivity index (χ1n) is 11.6. The number of fused-ring (bicyclic) bond motifs is 1. The zero-order chi connectivity index (χ0) is 21.3. The molecule has 2 fully saturated rings. The molecule has 0 spiro atoms. The number of ketones is 1. The summed E-state index contributed by atoms with van der Waals surface area (Å²) in [6.07, 6.45) is 6.43. The molecule has 0 saturated carbocycles. The largest absolute Gasteiger partial charge is 0.342 e. The van der Waals surface area contributed by atoms with Gasteiger partial charge in [0.05, 0.1) is 24.3 Å². The van der Waals surface area contributed by atoms with Crippen LogP contribution in [-0.2, 0) is 9.59 Å². The fraction of sp³-hybridized carbons (Fsp3) is 0.625. The van der Waals surface area contributed by atoms with Gasteiger partial charge in [0, 0.05) is 31.8 Å². The van der Waals surface area contributed by atoms with Crippen molar-refractivity contribution < 1.29 is 19.3 Å². The van der Waals surface area contributed by atoms with Crippen LogP contribution < -0.4 is 9.80 Å². The van der Waals surface area contributed by atoms with E-state index in [1.807, 2.05) is 18.2 Å². The number of anilines is 1. The summed E-state index contributed by atoms with van der Waals surface area (Å²) in [5.41, 5.74) is 2.36. The average molecular weight is 413 g/mol. The predicted molar refractivity (Wildman–Crippen MR) is 116 cm³/mol. The molecule has 6 nitrogen and oxygen atoms in total. The van der Waals surface area contributed by atoms with Crippen LogP contribution in [0.1, 0.15) is 74.2 Å². The highest BCUT2D eigenvalue weighted by molar-refractivity contribution is 6.52. The van der Waals surface area contributed by atoms with Crippen LogP contribution in [0.15, 0.2) is 18.2 Å². The van der Waals surface area contributed by atoms with Crippen molar-refractivity contribution in [3.8, 4) is 0 Å². The number of nitrogens with one attached hydrogen (secondary N) is 1. The topological polar surface area (TPSA) is 62.1 Å². The molecule has 2 amide bonds. The van der Waals surface area contributed by atoms with Crippen molar-refractivity contribution in [3.05, 3.63) is 29.3 Å². The molecule has 1 N–H and O–H groups in total. The van der Waals surface area contributed by atoms with E-state index in [-0.39, 0.29) is 5.92 Å². The second-order valence-corrected chi connectivity index (χ2v) is 9.42. The second kappa shape index (κ2) is 8.88. The summed E-state index contributed by atoms with van der Waals surface area (Å²) in [5, 5.41) is 0. The number of quaternary nitrogens is 1. The molecular formula is C24H34N3O3+. The Hall–Kier alpha value is -2.21. The lowest BCUT2D eigenvalue weighted by atomic mass is 9.95. The van der Waals surface area contributed by atoms with Gasteiger partial charge in [-0.1, -0.05) is 32.8 Å². The van der Waals surface area contributed by atoms with Crippen molar-refractivity contribution in [3.63, 3.8) is 0 Å². The summed E-state index contributed by atoms with van der Waals surface area (Å²) in [4.78, 5) is 43.1. The molecule has 6 heteroatoms. The highest BCUT2D eigenvalue weighted by atomic mass is 16.2. The van der Waals surface area contributed by atoms with Gasteiger partial charge in [0.15, 0.2) is 6.67 Å². The van der Waals surface area contributed by atoms with Gasteiger partial charge in [-0.15, -0.1) is 0 Å². The van der Waals surface area contributed by atoms with Gasteiger partial charge in [-0.3, -0.25) is 19.3 Å². The first-order chi connectivity index (χ1) is 14.5. The van der Waals surface area contributed by atoms with E-state index in [0.717, 1.165) is 63.1 Å². The molecule has 3 aliphatic rings. The smallest absolute Gasteiger partial charge is 0.303 e. The molecule has 0 radical (unpaired) electrons. The molecule has 3 heterocycles. The molecule has 0 aliphatic carbocycles. The third kappa shape index (κ3) is 4.15. The Kier molecular flexibility index (Phi) is 6.23. The lowest BCUT2D eigenvalue weighted by Gasteiger charge is -2.33. The number of hydrogen-bond acceptors (Lipinski definition) is 3. The highest BCUT2D eigenvalue weighted by Gasteiger charge is 2.39. The van der Waals surface area contributed by atoms with E-state index in [0.29, 0.717) is 24.1 Å². The van der Waals surface area contributed by atoms with Crippen LogP contribution in [-0.4, -0.2) is 55.3 Å². The van der Waals surface area contributed by atoms with Crippen molar-refractivity contribution in [2.45, 2.75) is 58.3 Å². The maximum Gasteiger partial charge on any atom is 0.303 e. The molecule has 0 bridgehead atoms. The van der Waals surface area contributed by atoms with Crippen molar-refractivity contribution in [1.82, 2.24) is 4.90 Å². The minimum absolute atomic E-state index is 0.114. The van der Waals surface area contributed by atoms with E-state index < -0.39 is 11.7 Å². The van der Waals surface area contributed by atoms with E-state index in [9.17, 15) is 14.4 Å². The number of nitrogens with zero attached hydrogens (tertiary/aromatic N) is 2. The summed E-state index contributed by atoms with van der Waals surface area (Å²) in [5.74, 6) is -0.0449. The SMILES string of the molecule is CC(C)c1ccc2c(c1)C(=O)C(=O)N2C[NH+]1CCC(C(=O)N2CCCCCC2)CC1. The first-order valence-corrected chi connectivity index (χ1v) is 11.6. The van der Waals surface area contributed by atoms with Crippen LogP contribution in [0.3, 0.4) is 0 Å². The van der Waals surface area contributed by atoms with Crippen LogP contribution in [0.2, 0.25) is 0 Å². The molecule has 2 saturated heterocycles. The summed E-state index contributed by atoms with van der Waals surface area (Å²) in [6, 6.07) is 5.81. The Balaban J connectivity index is 1.37. The Morgan fingerprint density at radius 3 is 2.37 bits per heavy atom. The molecule has 4 rings (SSSR count). The fourth-order valence-corrected chi connectivity index (χ4v) is 5.04. The van der Waals surface area contributed by atoms with Gasteiger partial charge in [0.25, 0.3) is 5.78 Å². The van der Waals surface area contributed by atoms with Gasteiger partial charge in [0.1, 0.15) is 0 Å². The van der Waals surface area contributed by atoms with E-state index >= 15 is 0 Å². The maximum atomic E-state index is 12.9. The molecule has 3 aliphatic heterocycles. The summed E-state index contributed by atoms with van der Waals surface area (Å²) >= 11 is 0. The summed E-state index contributed by atoms with van der Waals surface area (Å²) in [6.45, 7) is 8.22. The third-order valence-corrected chi connectivity index (χ3v) is 7.00. The van der Waals surface area contributed by atoms with E-state index in [4.69, 9.17) is 0 Å². The molecule has 0 aromatic heterocycles. The minimum atomic E-state index is -0.416. The fourth-order valence-electron chi connectivity index (χ4n) is 5.04. The Morgan fingerprint density at radius 2 is 1.73 bits per heavy atom. The number of benzene rings is 1. The molecular weight excluding hydrogens is 378 g/mol.